The van der Waals surface area contributed by atoms with E-state index in [0.29, 0.717) is 25.7 Å². The molecule has 196 valence electrons. The zero-order valence-electron chi connectivity index (χ0n) is 19.7. The number of hydrogen-bond donors (Lipinski definition) is 2. The molecule has 1 aliphatic carbocycles. The van der Waals surface area contributed by atoms with Crippen LogP contribution in [0.25, 0.3) is 0 Å². The minimum Gasteiger partial charge on any atom is -0.342 e. The summed E-state index contributed by atoms with van der Waals surface area (Å²) in [6, 6.07) is -2.09. The maximum absolute atomic E-state index is 13.3. The van der Waals surface area contributed by atoms with Gasteiger partial charge in [0, 0.05) is 38.3 Å². The number of hydrogen-bond acceptors (Lipinski definition) is 6. The van der Waals surface area contributed by atoms with Gasteiger partial charge in [0.25, 0.3) is 11.8 Å². The van der Waals surface area contributed by atoms with Crippen LogP contribution in [0.5, 0.6) is 0 Å². The van der Waals surface area contributed by atoms with Crippen LogP contribution in [-0.4, -0.2) is 84.7 Å². The molecule has 2 unspecified atom stereocenters. The molecule has 0 aromatic carbocycles. The van der Waals surface area contributed by atoms with E-state index in [9.17, 15) is 36.4 Å². The number of rotatable bonds is 10. The van der Waals surface area contributed by atoms with E-state index in [1.54, 1.807) is 6.92 Å². The summed E-state index contributed by atoms with van der Waals surface area (Å²) in [5.74, 6) is -5.99. The molecular weight excluding hydrogens is 486 g/mol. The maximum Gasteiger partial charge on any atom is 0.267 e. The molecule has 2 saturated heterocycles. The van der Waals surface area contributed by atoms with Crippen LogP contribution in [0.4, 0.5) is 8.78 Å². The van der Waals surface area contributed by atoms with Gasteiger partial charge in [-0.1, -0.05) is 13.0 Å². The van der Waals surface area contributed by atoms with Gasteiger partial charge in [-0.15, -0.1) is 6.58 Å². The number of nitrogens with zero attached hydrogens (tertiary/aromatic N) is 2. The Kier molecular flexibility index (Phi) is 8.17. The van der Waals surface area contributed by atoms with Crippen LogP contribution in [0.15, 0.2) is 12.7 Å². The topological polar surface area (TPSA) is 133 Å². The van der Waals surface area contributed by atoms with Crippen molar-refractivity contribution in [2.75, 3.05) is 19.6 Å². The third-order valence-corrected chi connectivity index (χ3v) is 8.47. The van der Waals surface area contributed by atoms with Crippen LogP contribution >= 0.6 is 0 Å². The molecule has 35 heavy (non-hydrogen) atoms. The standard InChI is InChI=1S/C22H32F2N4O6S/c1-3-14(2)19(21(32)26-35(33,34)15-6-7-15)25-20(31)16-5-4-11-28(16)18(30)9-8-17(29)27-12-10-22(23,24)13-27/h3,14-16,19H,1,4-13H2,2H3,(H,25,31)(H,26,32)/t14?,16-,19?/m0/s1. The molecular formula is C22H32F2N4O6S. The summed E-state index contributed by atoms with van der Waals surface area (Å²) in [4.78, 5) is 53.0. The first-order chi connectivity index (χ1) is 16.3. The summed E-state index contributed by atoms with van der Waals surface area (Å²) in [7, 11) is -3.81. The molecule has 3 fully saturated rings. The fourth-order valence-corrected chi connectivity index (χ4v) is 5.62. The van der Waals surface area contributed by atoms with E-state index in [4.69, 9.17) is 0 Å². The fourth-order valence-electron chi connectivity index (χ4n) is 4.29. The molecule has 4 amide bonds. The van der Waals surface area contributed by atoms with E-state index in [0.717, 1.165) is 4.90 Å². The normalized spacial score (nSPS) is 23.5. The van der Waals surface area contributed by atoms with E-state index in [2.05, 4.69) is 11.9 Å². The smallest absolute Gasteiger partial charge is 0.267 e. The summed E-state index contributed by atoms with van der Waals surface area (Å²) in [6.45, 7) is 4.77. The van der Waals surface area contributed by atoms with Gasteiger partial charge in [0.1, 0.15) is 12.1 Å². The SMILES string of the molecule is C=CC(C)C(NC(=O)[C@@H]1CCCN1C(=O)CCC(=O)N1CCC(F)(F)C1)C(=O)NS(=O)(=O)C1CC1. The predicted octanol–water partition coefficient (Wildman–Crippen LogP) is 0.541. The van der Waals surface area contributed by atoms with Crippen LogP contribution in [0.2, 0.25) is 0 Å². The van der Waals surface area contributed by atoms with E-state index >= 15 is 0 Å². The lowest BCUT2D eigenvalue weighted by molar-refractivity contribution is -0.141. The quantitative estimate of drug-likeness (QED) is 0.406. The molecule has 3 aliphatic rings. The van der Waals surface area contributed by atoms with Crippen LogP contribution < -0.4 is 10.0 Å². The Hall–Kier alpha value is -2.57. The second-order valence-corrected chi connectivity index (χ2v) is 11.4. The lowest BCUT2D eigenvalue weighted by Gasteiger charge is -2.28. The van der Waals surface area contributed by atoms with Crippen molar-refractivity contribution < 1.29 is 36.4 Å². The molecule has 0 spiro atoms. The fraction of sp³-hybridized carbons (Fsp3) is 0.727. The first kappa shape index (κ1) is 27.0. The zero-order valence-corrected chi connectivity index (χ0v) is 20.5. The Labute approximate surface area is 203 Å². The zero-order chi connectivity index (χ0) is 26.0. The van der Waals surface area contributed by atoms with Gasteiger partial charge < -0.3 is 15.1 Å². The summed E-state index contributed by atoms with van der Waals surface area (Å²) in [5, 5.41) is 1.94. The number of sulfonamides is 1. The third-order valence-electron chi connectivity index (χ3n) is 6.63. The van der Waals surface area contributed by atoms with Gasteiger partial charge in [-0.25, -0.2) is 17.2 Å². The summed E-state index contributed by atoms with van der Waals surface area (Å²) >= 11 is 0. The average Bonchev–Trinajstić information content (AvgIpc) is 3.44. The number of amides is 4. The van der Waals surface area contributed by atoms with Crippen molar-refractivity contribution >= 4 is 33.7 Å². The number of alkyl halides is 2. The molecule has 10 nitrogen and oxygen atoms in total. The van der Waals surface area contributed by atoms with Crippen LogP contribution in [0, 0.1) is 5.92 Å². The number of likely N-dealkylation sites (tertiary alicyclic amines) is 2. The minimum absolute atomic E-state index is 0.0593. The molecule has 3 rings (SSSR count). The molecule has 0 aromatic heterocycles. The van der Waals surface area contributed by atoms with E-state index < -0.39 is 75.8 Å². The van der Waals surface area contributed by atoms with Crippen molar-refractivity contribution in [1.82, 2.24) is 19.8 Å². The number of carbonyl (C=O) groups is 4. The molecule has 2 N–H and O–H groups in total. The third kappa shape index (κ3) is 6.77. The van der Waals surface area contributed by atoms with Crippen molar-refractivity contribution in [3.63, 3.8) is 0 Å². The van der Waals surface area contributed by atoms with E-state index in [1.165, 1.54) is 11.0 Å². The Balaban J connectivity index is 1.58. The van der Waals surface area contributed by atoms with Gasteiger partial charge in [-0.3, -0.25) is 23.9 Å². The number of carbonyl (C=O) groups excluding carboxylic acids is 4. The number of nitrogens with one attached hydrogen (secondary N) is 2. The summed E-state index contributed by atoms with van der Waals surface area (Å²) in [6.07, 6.45) is 2.35. The minimum atomic E-state index is -3.81. The molecule has 3 atom stereocenters. The lowest BCUT2D eigenvalue weighted by Crippen LogP contribution is -2.56. The molecule has 13 heteroatoms. The summed E-state index contributed by atoms with van der Waals surface area (Å²) < 4.78 is 53.0. The Morgan fingerprint density at radius 3 is 2.34 bits per heavy atom. The summed E-state index contributed by atoms with van der Waals surface area (Å²) in [5.41, 5.74) is 0. The largest absolute Gasteiger partial charge is 0.342 e. The first-order valence-corrected chi connectivity index (χ1v) is 13.3. The first-order valence-electron chi connectivity index (χ1n) is 11.8. The Morgan fingerprint density at radius 1 is 1.11 bits per heavy atom. The van der Waals surface area contributed by atoms with Crippen molar-refractivity contribution in [2.45, 2.75) is 75.1 Å². The van der Waals surface area contributed by atoms with Crippen LogP contribution in [0.3, 0.4) is 0 Å². The van der Waals surface area contributed by atoms with Crippen molar-refractivity contribution in [3.8, 4) is 0 Å². The van der Waals surface area contributed by atoms with Gasteiger partial charge in [0.05, 0.1) is 11.8 Å². The van der Waals surface area contributed by atoms with E-state index in [1.807, 2.05) is 4.72 Å². The van der Waals surface area contributed by atoms with Gasteiger partial charge in [-0.05, 0) is 25.7 Å². The van der Waals surface area contributed by atoms with Crippen LogP contribution in [-0.2, 0) is 29.2 Å². The van der Waals surface area contributed by atoms with Gasteiger partial charge in [0.2, 0.25) is 27.7 Å². The second-order valence-electron chi connectivity index (χ2n) is 9.46. The van der Waals surface area contributed by atoms with E-state index in [-0.39, 0.29) is 25.9 Å². The monoisotopic (exact) mass is 518 g/mol. The predicted molar refractivity (Wildman–Crippen MR) is 121 cm³/mol. The molecule has 0 radical (unpaired) electrons. The maximum atomic E-state index is 13.3. The highest BCUT2D eigenvalue weighted by Gasteiger charge is 2.42. The molecule has 2 heterocycles. The molecule has 2 aliphatic heterocycles. The molecule has 1 saturated carbocycles. The van der Waals surface area contributed by atoms with Gasteiger partial charge in [0.15, 0.2) is 0 Å². The van der Waals surface area contributed by atoms with Crippen LogP contribution in [0.1, 0.15) is 51.9 Å². The van der Waals surface area contributed by atoms with Crippen molar-refractivity contribution in [1.29, 1.82) is 0 Å². The Morgan fingerprint density at radius 2 is 1.77 bits per heavy atom. The van der Waals surface area contributed by atoms with Crippen molar-refractivity contribution in [2.24, 2.45) is 5.92 Å². The molecule has 0 aromatic rings. The highest BCUT2D eigenvalue weighted by Crippen LogP contribution is 2.28. The van der Waals surface area contributed by atoms with Crippen molar-refractivity contribution in [3.05, 3.63) is 12.7 Å². The molecule has 0 bridgehead atoms. The second kappa shape index (κ2) is 10.6. The highest BCUT2D eigenvalue weighted by molar-refractivity contribution is 7.90. The van der Waals surface area contributed by atoms with Gasteiger partial charge >= 0.3 is 0 Å². The Bertz CT molecular complexity index is 984. The lowest BCUT2D eigenvalue weighted by atomic mass is 10.0. The van der Waals surface area contributed by atoms with Gasteiger partial charge in [-0.2, -0.15) is 0 Å². The number of halogens is 2. The average molecular weight is 519 g/mol. The highest BCUT2D eigenvalue weighted by atomic mass is 32.2.